The second-order valence-corrected chi connectivity index (χ2v) is 6.07. The molecular formula is C13H17BrClF. The predicted molar refractivity (Wildman–Crippen MR) is 71.4 cm³/mol. The maximum atomic E-state index is 13.1. The zero-order chi connectivity index (χ0) is 12.3. The highest BCUT2D eigenvalue weighted by Gasteiger charge is 2.20. The van der Waals surface area contributed by atoms with Crippen LogP contribution < -0.4 is 0 Å². The summed E-state index contributed by atoms with van der Waals surface area (Å²) in [5, 5.41) is 0.0927. The molecule has 0 heterocycles. The lowest BCUT2D eigenvalue weighted by Crippen LogP contribution is -2.20. The lowest BCUT2D eigenvalue weighted by atomic mass is 9.87. The van der Waals surface area contributed by atoms with E-state index in [1.54, 1.807) is 12.1 Å². The van der Waals surface area contributed by atoms with E-state index < -0.39 is 0 Å². The molecule has 90 valence electrons. The van der Waals surface area contributed by atoms with E-state index >= 15 is 0 Å². The summed E-state index contributed by atoms with van der Waals surface area (Å²) in [6.45, 7) is 6.30. The van der Waals surface area contributed by atoms with Gasteiger partial charge in [0.2, 0.25) is 0 Å². The van der Waals surface area contributed by atoms with Gasteiger partial charge >= 0.3 is 0 Å². The number of halogens is 3. The van der Waals surface area contributed by atoms with E-state index in [0.29, 0.717) is 11.8 Å². The Kier molecular flexibility index (Phi) is 5.26. The van der Waals surface area contributed by atoms with Crippen LogP contribution in [0.2, 0.25) is 0 Å². The minimum atomic E-state index is -0.192. The van der Waals surface area contributed by atoms with Crippen LogP contribution in [0.25, 0.3) is 0 Å². The standard InChI is InChI=1S/C13H17BrClF/c1-8(2)12(9(3)15)7-10-6-11(16)4-5-13(10)14/h4-6,8-9,12H,7H2,1-3H3. The van der Waals surface area contributed by atoms with Gasteiger partial charge in [-0.15, -0.1) is 11.6 Å². The quantitative estimate of drug-likeness (QED) is 0.684. The summed E-state index contributed by atoms with van der Waals surface area (Å²) in [7, 11) is 0. The third-order valence-electron chi connectivity index (χ3n) is 2.91. The van der Waals surface area contributed by atoms with Crippen LogP contribution >= 0.6 is 27.5 Å². The van der Waals surface area contributed by atoms with Gasteiger partial charge in [-0.1, -0.05) is 29.8 Å². The van der Waals surface area contributed by atoms with Crippen molar-refractivity contribution in [3.05, 3.63) is 34.1 Å². The van der Waals surface area contributed by atoms with E-state index in [4.69, 9.17) is 11.6 Å². The molecule has 1 rings (SSSR count). The van der Waals surface area contributed by atoms with Crippen LogP contribution in [0.4, 0.5) is 4.39 Å². The largest absolute Gasteiger partial charge is 0.207 e. The molecule has 2 atom stereocenters. The maximum absolute atomic E-state index is 13.1. The van der Waals surface area contributed by atoms with Gasteiger partial charge in [-0.2, -0.15) is 0 Å². The predicted octanol–water partition coefficient (Wildman–Crippen LogP) is 5.03. The summed E-state index contributed by atoms with van der Waals surface area (Å²) in [5.41, 5.74) is 0.992. The Morgan fingerprint density at radius 2 is 1.94 bits per heavy atom. The zero-order valence-electron chi connectivity index (χ0n) is 9.81. The van der Waals surface area contributed by atoms with E-state index in [0.717, 1.165) is 16.5 Å². The molecule has 3 heteroatoms. The molecule has 0 spiro atoms. The Hall–Kier alpha value is -0.0800. The first kappa shape index (κ1) is 14.0. The number of benzene rings is 1. The van der Waals surface area contributed by atoms with Crippen LogP contribution in [0, 0.1) is 17.7 Å². The molecule has 1 aromatic rings. The smallest absolute Gasteiger partial charge is 0.123 e. The monoisotopic (exact) mass is 306 g/mol. The van der Waals surface area contributed by atoms with E-state index in [1.807, 2.05) is 6.92 Å². The molecule has 16 heavy (non-hydrogen) atoms. The molecule has 0 aliphatic heterocycles. The molecule has 0 nitrogen and oxygen atoms in total. The van der Waals surface area contributed by atoms with Gasteiger partial charge in [-0.3, -0.25) is 0 Å². The second kappa shape index (κ2) is 6.02. The molecule has 2 unspecified atom stereocenters. The van der Waals surface area contributed by atoms with Crippen molar-refractivity contribution >= 4 is 27.5 Å². The molecule has 1 aromatic carbocycles. The molecule has 0 saturated heterocycles. The number of hydrogen-bond donors (Lipinski definition) is 0. The van der Waals surface area contributed by atoms with Crippen molar-refractivity contribution in [3.63, 3.8) is 0 Å². The first-order valence-corrected chi connectivity index (χ1v) is 6.72. The van der Waals surface area contributed by atoms with Crippen molar-refractivity contribution in [2.75, 3.05) is 0 Å². The molecule has 0 N–H and O–H groups in total. The van der Waals surface area contributed by atoms with Crippen LogP contribution in [0.1, 0.15) is 26.3 Å². The Morgan fingerprint density at radius 1 is 1.31 bits per heavy atom. The van der Waals surface area contributed by atoms with Crippen molar-refractivity contribution in [3.8, 4) is 0 Å². The topological polar surface area (TPSA) is 0 Å². The van der Waals surface area contributed by atoms with Crippen molar-refractivity contribution in [2.24, 2.45) is 11.8 Å². The summed E-state index contributed by atoms with van der Waals surface area (Å²) < 4.78 is 14.1. The number of hydrogen-bond acceptors (Lipinski definition) is 0. The van der Waals surface area contributed by atoms with Gasteiger partial charge in [0.25, 0.3) is 0 Å². The fraction of sp³-hybridized carbons (Fsp3) is 0.538. The summed E-state index contributed by atoms with van der Waals surface area (Å²) in [5.74, 6) is 0.658. The third-order valence-corrected chi connectivity index (χ3v) is 4.01. The summed E-state index contributed by atoms with van der Waals surface area (Å²) in [6.07, 6.45) is 0.806. The van der Waals surface area contributed by atoms with Gasteiger partial charge < -0.3 is 0 Å². The van der Waals surface area contributed by atoms with Crippen LogP contribution in [-0.2, 0) is 6.42 Å². The Balaban J connectivity index is 2.89. The molecule has 0 saturated carbocycles. The lowest BCUT2D eigenvalue weighted by molar-refractivity contribution is 0.375. The van der Waals surface area contributed by atoms with Crippen molar-refractivity contribution in [1.29, 1.82) is 0 Å². The fourth-order valence-corrected chi connectivity index (χ4v) is 2.67. The van der Waals surface area contributed by atoms with Crippen molar-refractivity contribution < 1.29 is 4.39 Å². The van der Waals surface area contributed by atoms with Crippen LogP contribution in [0.3, 0.4) is 0 Å². The minimum absolute atomic E-state index is 0.0927. The first-order chi connectivity index (χ1) is 7.41. The van der Waals surface area contributed by atoms with E-state index in [9.17, 15) is 4.39 Å². The molecule has 0 fully saturated rings. The molecule has 0 bridgehead atoms. The van der Waals surface area contributed by atoms with Gasteiger partial charge in [0.05, 0.1) is 0 Å². The molecular weight excluding hydrogens is 290 g/mol. The van der Waals surface area contributed by atoms with Crippen molar-refractivity contribution in [1.82, 2.24) is 0 Å². The van der Waals surface area contributed by atoms with Gasteiger partial charge in [0.15, 0.2) is 0 Å². The Labute approximate surface area is 110 Å². The average Bonchev–Trinajstić information content (AvgIpc) is 2.18. The summed E-state index contributed by atoms with van der Waals surface area (Å²) in [4.78, 5) is 0. The minimum Gasteiger partial charge on any atom is -0.207 e. The van der Waals surface area contributed by atoms with Gasteiger partial charge in [0.1, 0.15) is 5.82 Å². The maximum Gasteiger partial charge on any atom is 0.123 e. The first-order valence-electron chi connectivity index (χ1n) is 5.49. The third kappa shape index (κ3) is 3.74. The highest BCUT2D eigenvalue weighted by molar-refractivity contribution is 9.10. The van der Waals surface area contributed by atoms with Crippen LogP contribution in [0.15, 0.2) is 22.7 Å². The molecule has 0 radical (unpaired) electrons. The number of rotatable bonds is 4. The lowest BCUT2D eigenvalue weighted by Gasteiger charge is -2.23. The summed E-state index contributed by atoms with van der Waals surface area (Å²) in [6, 6.07) is 4.79. The molecule has 0 aliphatic rings. The second-order valence-electron chi connectivity index (χ2n) is 4.53. The Morgan fingerprint density at radius 3 is 2.44 bits per heavy atom. The van der Waals surface area contributed by atoms with E-state index in [2.05, 4.69) is 29.8 Å². The Bertz CT molecular complexity index is 342. The van der Waals surface area contributed by atoms with Gasteiger partial charge in [0, 0.05) is 9.85 Å². The van der Waals surface area contributed by atoms with Crippen LogP contribution in [-0.4, -0.2) is 5.38 Å². The zero-order valence-corrected chi connectivity index (χ0v) is 12.1. The highest BCUT2D eigenvalue weighted by atomic mass is 79.9. The van der Waals surface area contributed by atoms with Gasteiger partial charge in [-0.05, 0) is 48.9 Å². The van der Waals surface area contributed by atoms with Crippen LogP contribution in [0.5, 0.6) is 0 Å². The van der Waals surface area contributed by atoms with E-state index in [1.165, 1.54) is 6.07 Å². The van der Waals surface area contributed by atoms with Crippen molar-refractivity contribution in [2.45, 2.75) is 32.6 Å². The fourth-order valence-electron chi connectivity index (χ4n) is 1.88. The molecule has 0 amide bonds. The number of alkyl halides is 1. The molecule has 0 aliphatic carbocycles. The van der Waals surface area contributed by atoms with Gasteiger partial charge in [-0.25, -0.2) is 4.39 Å². The highest BCUT2D eigenvalue weighted by Crippen LogP contribution is 2.28. The SMILES string of the molecule is CC(C)C(Cc1cc(F)ccc1Br)C(C)Cl. The molecule has 0 aromatic heterocycles. The normalized spacial score (nSPS) is 15.2. The van der Waals surface area contributed by atoms with E-state index in [-0.39, 0.29) is 11.2 Å². The average molecular weight is 308 g/mol. The summed E-state index contributed by atoms with van der Waals surface area (Å²) >= 11 is 9.62.